The lowest BCUT2D eigenvalue weighted by molar-refractivity contribution is 0.0999. The van der Waals surface area contributed by atoms with E-state index in [0.29, 0.717) is 5.56 Å². The third-order valence-electron chi connectivity index (χ3n) is 2.29. The molecule has 0 spiro atoms. The Labute approximate surface area is 84.3 Å². The number of aryl methyl sites for hydroxylation is 1. The van der Waals surface area contributed by atoms with Crippen LogP contribution in [0.15, 0.2) is 12.4 Å². The molecule has 0 aromatic carbocycles. The number of hydrogen-bond donors (Lipinski definition) is 1. The third kappa shape index (κ3) is 2.10. The predicted octanol–water partition coefficient (Wildman–Crippen LogP) is 1.70. The SMILES string of the molecule is CCCc1c(CC)cncc1C(N)=O. The Balaban J connectivity index is 3.20. The number of aromatic nitrogens is 1. The molecular weight excluding hydrogens is 176 g/mol. The maximum atomic E-state index is 11.1. The van der Waals surface area contributed by atoms with Crippen LogP contribution >= 0.6 is 0 Å². The topological polar surface area (TPSA) is 56.0 Å². The highest BCUT2D eigenvalue weighted by Gasteiger charge is 2.10. The highest BCUT2D eigenvalue weighted by atomic mass is 16.1. The molecule has 1 aromatic rings. The second-order valence-corrected chi connectivity index (χ2v) is 3.29. The number of amides is 1. The maximum Gasteiger partial charge on any atom is 0.250 e. The van der Waals surface area contributed by atoms with Crippen LogP contribution in [0.25, 0.3) is 0 Å². The zero-order chi connectivity index (χ0) is 10.6. The minimum Gasteiger partial charge on any atom is -0.366 e. The van der Waals surface area contributed by atoms with Gasteiger partial charge < -0.3 is 5.73 Å². The standard InChI is InChI=1S/C11H16N2O/c1-3-5-9-8(4-2)6-13-7-10(9)11(12)14/h6-7H,3-5H2,1-2H3,(H2,12,14). The molecule has 1 rings (SSSR count). The molecule has 0 bridgehead atoms. The van der Waals surface area contributed by atoms with E-state index >= 15 is 0 Å². The van der Waals surface area contributed by atoms with E-state index < -0.39 is 0 Å². The van der Waals surface area contributed by atoms with Gasteiger partial charge in [0.1, 0.15) is 0 Å². The van der Waals surface area contributed by atoms with Gasteiger partial charge in [-0.25, -0.2) is 0 Å². The first-order valence-electron chi connectivity index (χ1n) is 4.96. The molecule has 3 nitrogen and oxygen atoms in total. The first-order chi connectivity index (χ1) is 6.70. The number of carbonyl (C=O) groups is 1. The van der Waals surface area contributed by atoms with Gasteiger partial charge in [-0.1, -0.05) is 20.3 Å². The van der Waals surface area contributed by atoms with Crippen LogP contribution in [0, 0.1) is 0 Å². The van der Waals surface area contributed by atoms with Crippen molar-refractivity contribution in [2.24, 2.45) is 5.73 Å². The summed E-state index contributed by atoms with van der Waals surface area (Å²) in [7, 11) is 0. The number of primary amides is 1. The lowest BCUT2D eigenvalue weighted by Crippen LogP contribution is -2.15. The summed E-state index contributed by atoms with van der Waals surface area (Å²) in [4.78, 5) is 15.2. The first kappa shape index (κ1) is 10.7. The molecular formula is C11H16N2O. The summed E-state index contributed by atoms with van der Waals surface area (Å²) < 4.78 is 0. The van der Waals surface area contributed by atoms with Crippen LogP contribution in [-0.2, 0) is 12.8 Å². The first-order valence-corrected chi connectivity index (χ1v) is 4.96. The molecule has 0 atom stereocenters. The highest BCUT2D eigenvalue weighted by Crippen LogP contribution is 2.15. The number of hydrogen-bond acceptors (Lipinski definition) is 2. The fourth-order valence-corrected chi connectivity index (χ4v) is 1.59. The molecule has 1 aromatic heterocycles. The van der Waals surface area contributed by atoms with Gasteiger partial charge in [-0.15, -0.1) is 0 Å². The number of nitrogens with two attached hydrogens (primary N) is 1. The molecule has 0 saturated carbocycles. The Morgan fingerprint density at radius 1 is 1.43 bits per heavy atom. The average Bonchev–Trinajstić information content (AvgIpc) is 2.18. The number of pyridine rings is 1. The van der Waals surface area contributed by atoms with E-state index in [4.69, 9.17) is 5.73 Å². The Morgan fingerprint density at radius 2 is 2.14 bits per heavy atom. The monoisotopic (exact) mass is 192 g/mol. The van der Waals surface area contributed by atoms with Gasteiger partial charge in [-0.3, -0.25) is 9.78 Å². The third-order valence-corrected chi connectivity index (χ3v) is 2.29. The number of rotatable bonds is 4. The van der Waals surface area contributed by atoms with Gasteiger partial charge >= 0.3 is 0 Å². The summed E-state index contributed by atoms with van der Waals surface area (Å²) in [5.41, 5.74) is 8.06. The summed E-state index contributed by atoms with van der Waals surface area (Å²) >= 11 is 0. The Bertz CT molecular complexity index is 334. The van der Waals surface area contributed by atoms with Gasteiger partial charge in [0, 0.05) is 12.4 Å². The van der Waals surface area contributed by atoms with Gasteiger partial charge in [0.2, 0.25) is 0 Å². The quantitative estimate of drug-likeness (QED) is 0.789. The van der Waals surface area contributed by atoms with Crippen LogP contribution in [0.2, 0.25) is 0 Å². The molecule has 76 valence electrons. The van der Waals surface area contributed by atoms with Crippen LogP contribution in [0.3, 0.4) is 0 Å². The minimum absolute atomic E-state index is 0.378. The smallest absolute Gasteiger partial charge is 0.250 e. The minimum atomic E-state index is -0.378. The van der Waals surface area contributed by atoms with Gasteiger partial charge in [0.15, 0.2) is 0 Å². The van der Waals surface area contributed by atoms with Crippen LogP contribution in [0.4, 0.5) is 0 Å². The predicted molar refractivity (Wildman–Crippen MR) is 56.1 cm³/mol. The van der Waals surface area contributed by atoms with Crippen LogP contribution in [0.1, 0.15) is 41.8 Å². The van der Waals surface area contributed by atoms with Crippen molar-refractivity contribution in [2.45, 2.75) is 33.1 Å². The fraction of sp³-hybridized carbons (Fsp3) is 0.455. The van der Waals surface area contributed by atoms with Crippen molar-refractivity contribution in [1.82, 2.24) is 4.98 Å². The van der Waals surface area contributed by atoms with Gasteiger partial charge in [0.25, 0.3) is 5.91 Å². The maximum absolute atomic E-state index is 11.1. The summed E-state index contributed by atoms with van der Waals surface area (Å²) in [6.45, 7) is 4.14. The van der Waals surface area contributed by atoms with Crippen LogP contribution in [-0.4, -0.2) is 10.9 Å². The fourth-order valence-electron chi connectivity index (χ4n) is 1.59. The molecule has 0 saturated heterocycles. The molecule has 14 heavy (non-hydrogen) atoms. The summed E-state index contributed by atoms with van der Waals surface area (Å²) in [6, 6.07) is 0. The molecule has 0 aliphatic rings. The van der Waals surface area contributed by atoms with Crippen molar-refractivity contribution in [3.05, 3.63) is 29.1 Å². The largest absolute Gasteiger partial charge is 0.366 e. The summed E-state index contributed by atoms with van der Waals surface area (Å²) in [5.74, 6) is -0.378. The number of carbonyl (C=O) groups excluding carboxylic acids is 1. The average molecular weight is 192 g/mol. The Hall–Kier alpha value is -1.38. The van der Waals surface area contributed by atoms with Gasteiger partial charge in [-0.2, -0.15) is 0 Å². The van der Waals surface area contributed by atoms with Gasteiger partial charge in [0.05, 0.1) is 5.56 Å². The van der Waals surface area contributed by atoms with Crippen molar-refractivity contribution >= 4 is 5.91 Å². The lowest BCUT2D eigenvalue weighted by atomic mass is 9.98. The van der Waals surface area contributed by atoms with Crippen molar-refractivity contribution in [2.75, 3.05) is 0 Å². The van der Waals surface area contributed by atoms with Gasteiger partial charge in [-0.05, 0) is 24.0 Å². The van der Waals surface area contributed by atoms with Crippen LogP contribution < -0.4 is 5.73 Å². The second-order valence-electron chi connectivity index (χ2n) is 3.29. The summed E-state index contributed by atoms with van der Waals surface area (Å²) in [6.07, 6.45) is 6.18. The molecule has 0 unspecified atom stereocenters. The van der Waals surface area contributed by atoms with E-state index in [1.807, 2.05) is 6.20 Å². The molecule has 0 aliphatic heterocycles. The Kier molecular flexibility index (Phi) is 3.63. The zero-order valence-corrected chi connectivity index (χ0v) is 8.71. The van der Waals surface area contributed by atoms with Crippen molar-refractivity contribution in [3.8, 4) is 0 Å². The molecule has 3 heteroatoms. The molecule has 2 N–H and O–H groups in total. The normalized spacial score (nSPS) is 10.1. The molecule has 0 radical (unpaired) electrons. The van der Waals surface area contributed by atoms with E-state index in [1.54, 1.807) is 6.20 Å². The van der Waals surface area contributed by atoms with E-state index in [1.165, 1.54) is 0 Å². The number of nitrogens with zero attached hydrogens (tertiary/aromatic N) is 1. The van der Waals surface area contributed by atoms with E-state index in [2.05, 4.69) is 18.8 Å². The molecule has 1 heterocycles. The molecule has 1 amide bonds. The second kappa shape index (κ2) is 4.74. The van der Waals surface area contributed by atoms with E-state index in [0.717, 1.165) is 30.4 Å². The van der Waals surface area contributed by atoms with Crippen LogP contribution in [0.5, 0.6) is 0 Å². The summed E-state index contributed by atoms with van der Waals surface area (Å²) in [5, 5.41) is 0. The lowest BCUT2D eigenvalue weighted by Gasteiger charge is -2.09. The van der Waals surface area contributed by atoms with Crippen molar-refractivity contribution < 1.29 is 4.79 Å². The van der Waals surface area contributed by atoms with E-state index in [-0.39, 0.29) is 5.91 Å². The van der Waals surface area contributed by atoms with Crippen molar-refractivity contribution in [3.63, 3.8) is 0 Å². The van der Waals surface area contributed by atoms with E-state index in [9.17, 15) is 4.79 Å². The highest BCUT2D eigenvalue weighted by molar-refractivity contribution is 5.94. The molecule has 0 aliphatic carbocycles. The molecule has 0 fully saturated rings. The van der Waals surface area contributed by atoms with Crippen molar-refractivity contribution in [1.29, 1.82) is 0 Å². The Morgan fingerprint density at radius 3 is 2.64 bits per heavy atom. The zero-order valence-electron chi connectivity index (χ0n) is 8.71.